The lowest BCUT2D eigenvalue weighted by Crippen LogP contribution is -2.36. The minimum atomic E-state index is -3.75. The molecule has 0 spiro atoms. The van der Waals surface area contributed by atoms with E-state index >= 15 is 0 Å². The summed E-state index contributed by atoms with van der Waals surface area (Å²) in [6.07, 6.45) is 0. The Morgan fingerprint density at radius 1 is 1.14 bits per heavy atom. The number of likely N-dealkylation sites (N-methyl/N-ethyl adjacent to an activating group) is 1. The Labute approximate surface area is 163 Å². The number of hydrazone groups is 1. The molecule has 0 saturated carbocycles. The van der Waals surface area contributed by atoms with Crippen LogP contribution in [0.5, 0.6) is 11.5 Å². The Kier molecular flexibility index (Phi) is 5.66. The van der Waals surface area contributed by atoms with E-state index in [1.165, 1.54) is 19.2 Å². The summed E-state index contributed by atoms with van der Waals surface area (Å²) in [6.45, 7) is 3.42. The molecule has 1 heterocycles. The van der Waals surface area contributed by atoms with Gasteiger partial charge in [-0.15, -0.1) is 0 Å². The van der Waals surface area contributed by atoms with Crippen molar-refractivity contribution in [2.24, 2.45) is 5.10 Å². The molecule has 1 amide bonds. The van der Waals surface area contributed by atoms with E-state index in [0.717, 1.165) is 15.4 Å². The minimum Gasteiger partial charge on any atom is -0.454 e. The molecule has 2 aromatic carbocycles. The zero-order chi connectivity index (χ0) is 20.3. The third-order valence-electron chi connectivity index (χ3n) is 4.23. The molecule has 9 heteroatoms. The average Bonchev–Trinajstić information content (AvgIpc) is 3.14. The van der Waals surface area contributed by atoms with Gasteiger partial charge in [0.15, 0.2) is 11.5 Å². The average molecular weight is 403 g/mol. The first kappa shape index (κ1) is 19.8. The van der Waals surface area contributed by atoms with Crippen LogP contribution in [0.4, 0.5) is 0 Å². The van der Waals surface area contributed by atoms with Gasteiger partial charge in [-0.3, -0.25) is 4.79 Å². The quantitative estimate of drug-likeness (QED) is 0.587. The molecule has 148 valence electrons. The molecule has 0 aliphatic carbocycles. The summed E-state index contributed by atoms with van der Waals surface area (Å²) in [5.41, 5.74) is 4.64. The monoisotopic (exact) mass is 403 g/mol. The molecule has 0 bridgehead atoms. The molecule has 1 aliphatic heterocycles. The number of nitrogens with one attached hydrogen (secondary N) is 1. The second-order valence-corrected chi connectivity index (χ2v) is 8.42. The Bertz CT molecular complexity index is 1020. The summed E-state index contributed by atoms with van der Waals surface area (Å²) in [4.78, 5) is 12.3. The molecule has 28 heavy (non-hydrogen) atoms. The first-order valence-corrected chi connectivity index (χ1v) is 9.97. The number of rotatable bonds is 6. The van der Waals surface area contributed by atoms with Crippen LogP contribution >= 0.6 is 0 Å². The number of sulfonamides is 1. The lowest BCUT2D eigenvalue weighted by atomic mass is 10.1. The van der Waals surface area contributed by atoms with Gasteiger partial charge in [-0.1, -0.05) is 17.7 Å². The van der Waals surface area contributed by atoms with Gasteiger partial charge in [0.05, 0.1) is 17.2 Å². The van der Waals surface area contributed by atoms with Gasteiger partial charge in [-0.2, -0.15) is 9.41 Å². The zero-order valence-electron chi connectivity index (χ0n) is 15.8. The molecule has 0 unspecified atom stereocenters. The summed E-state index contributed by atoms with van der Waals surface area (Å²) in [5.74, 6) is 0.726. The van der Waals surface area contributed by atoms with Crippen molar-refractivity contribution >= 4 is 21.6 Å². The maximum absolute atomic E-state index is 12.5. The predicted molar refractivity (Wildman–Crippen MR) is 104 cm³/mol. The predicted octanol–water partition coefficient (Wildman–Crippen LogP) is 1.88. The molecule has 1 aliphatic rings. The van der Waals surface area contributed by atoms with Crippen molar-refractivity contribution in [2.75, 3.05) is 20.4 Å². The molecule has 0 fully saturated rings. The SMILES string of the molecule is C/C(=N/NC(=O)CN(C)S(=O)(=O)c1ccc(C)cc1)c1ccc2c(c1)OCO2. The topological polar surface area (TPSA) is 97.3 Å². The molecular weight excluding hydrogens is 382 g/mol. The van der Waals surface area contributed by atoms with E-state index in [9.17, 15) is 13.2 Å². The number of nitrogens with zero attached hydrogens (tertiary/aromatic N) is 2. The van der Waals surface area contributed by atoms with Crippen LogP contribution in [0.15, 0.2) is 52.5 Å². The van der Waals surface area contributed by atoms with E-state index in [4.69, 9.17) is 9.47 Å². The second kappa shape index (κ2) is 7.99. The van der Waals surface area contributed by atoms with Crippen molar-refractivity contribution in [3.05, 3.63) is 53.6 Å². The molecule has 2 aromatic rings. The number of hydrogen-bond acceptors (Lipinski definition) is 6. The molecular formula is C19H21N3O5S. The Hall–Kier alpha value is -2.91. The summed E-state index contributed by atoms with van der Waals surface area (Å²) >= 11 is 0. The largest absolute Gasteiger partial charge is 0.454 e. The van der Waals surface area contributed by atoms with Gasteiger partial charge < -0.3 is 9.47 Å². The first-order valence-electron chi connectivity index (χ1n) is 8.53. The summed E-state index contributed by atoms with van der Waals surface area (Å²) in [7, 11) is -2.40. The molecule has 0 radical (unpaired) electrons. The van der Waals surface area contributed by atoms with Crippen LogP contribution in [-0.4, -0.2) is 44.7 Å². The van der Waals surface area contributed by atoms with E-state index < -0.39 is 15.9 Å². The van der Waals surface area contributed by atoms with Gasteiger partial charge in [0.1, 0.15) is 0 Å². The number of fused-ring (bicyclic) bond motifs is 1. The van der Waals surface area contributed by atoms with Crippen molar-refractivity contribution in [1.82, 2.24) is 9.73 Å². The maximum atomic E-state index is 12.5. The Morgan fingerprint density at radius 2 is 1.82 bits per heavy atom. The molecule has 3 rings (SSSR count). The lowest BCUT2D eigenvalue weighted by Gasteiger charge is -2.16. The highest BCUT2D eigenvalue weighted by Gasteiger charge is 2.22. The van der Waals surface area contributed by atoms with Crippen LogP contribution in [0, 0.1) is 6.92 Å². The fraction of sp³-hybridized carbons (Fsp3) is 0.263. The molecule has 0 atom stereocenters. The molecule has 1 N–H and O–H groups in total. The van der Waals surface area contributed by atoms with Gasteiger partial charge in [0.25, 0.3) is 5.91 Å². The van der Waals surface area contributed by atoms with Gasteiger partial charge >= 0.3 is 0 Å². The maximum Gasteiger partial charge on any atom is 0.255 e. The van der Waals surface area contributed by atoms with Gasteiger partial charge in [-0.05, 0) is 44.2 Å². The van der Waals surface area contributed by atoms with Crippen LogP contribution in [0.3, 0.4) is 0 Å². The van der Waals surface area contributed by atoms with Gasteiger partial charge in [0, 0.05) is 12.6 Å². The summed E-state index contributed by atoms with van der Waals surface area (Å²) in [5, 5.41) is 4.04. The highest BCUT2D eigenvalue weighted by atomic mass is 32.2. The first-order chi connectivity index (χ1) is 13.3. The highest BCUT2D eigenvalue weighted by Crippen LogP contribution is 2.32. The number of hydrogen-bond donors (Lipinski definition) is 1. The molecule has 8 nitrogen and oxygen atoms in total. The highest BCUT2D eigenvalue weighted by molar-refractivity contribution is 7.89. The third kappa shape index (κ3) is 4.32. The second-order valence-electron chi connectivity index (χ2n) is 6.37. The van der Waals surface area contributed by atoms with Gasteiger partial charge in [-0.25, -0.2) is 13.8 Å². The lowest BCUT2D eigenvalue weighted by molar-refractivity contribution is -0.121. The van der Waals surface area contributed by atoms with Crippen LogP contribution in [0.2, 0.25) is 0 Å². The molecule has 0 aromatic heterocycles. The fourth-order valence-corrected chi connectivity index (χ4v) is 3.67. The standard InChI is InChI=1S/C19H21N3O5S/c1-13-4-7-16(8-5-13)28(24,25)22(3)11-19(23)21-20-14(2)15-6-9-17-18(10-15)27-12-26-17/h4-10H,11-12H2,1-3H3,(H,21,23)/b20-14-. The van der Waals surface area contributed by atoms with E-state index in [0.29, 0.717) is 17.2 Å². The third-order valence-corrected chi connectivity index (χ3v) is 6.05. The Morgan fingerprint density at radius 3 is 2.54 bits per heavy atom. The summed E-state index contributed by atoms with van der Waals surface area (Å²) in [6, 6.07) is 11.8. The Balaban J connectivity index is 1.63. The van der Waals surface area contributed by atoms with Crippen molar-refractivity contribution in [3.63, 3.8) is 0 Å². The van der Waals surface area contributed by atoms with E-state index in [1.807, 2.05) is 6.92 Å². The zero-order valence-corrected chi connectivity index (χ0v) is 16.6. The smallest absolute Gasteiger partial charge is 0.255 e. The van der Waals surface area contributed by atoms with Crippen LogP contribution in [0.1, 0.15) is 18.1 Å². The van der Waals surface area contributed by atoms with E-state index in [1.54, 1.807) is 37.3 Å². The van der Waals surface area contributed by atoms with Crippen LogP contribution in [0.25, 0.3) is 0 Å². The number of amides is 1. The number of carbonyl (C=O) groups excluding carboxylic acids is 1. The minimum absolute atomic E-state index is 0.133. The molecule has 0 saturated heterocycles. The normalized spacial score (nSPS) is 13.6. The van der Waals surface area contributed by atoms with Crippen molar-refractivity contribution in [3.8, 4) is 11.5 Å². The number of benzene rings is 2. The van der Waals surface area contributed by atoms with Crippen molar-refractivity contribution in [2.45, 2.75) is 18.7 Å². The van der Waals surface area contributed by atoms with E-state index in [2.05, 4.69) is 10.5 Å². The van der Waals surface area contributed by atoms with Crippen molar-refractivity contribution < 1.29 is 22.7 Å². The van der Waals surface area contributed by atoms with Gasteiger partial charge in [0.2, 0.25) is 16.8 Å². The van der Waals surface area contributed by atoms with Crippen LogP contribution in [-0.2, 0) is 14.8 Å². The number of ether oxygens (including phenoxy) is 2. The van der Waals surface area contributed by atoms with Crippen LogP contribution < -0.4 is 14.9 Å². The summed E-state index contributed by atoms with van der Waals surface area (Å²) < 4.78 is 36.6. The number of carbonyl (C=O) groups is 1. The number of aryl methyl sites for hydroxylation is 1. The van der Waals surface area contributed by atoms with Crippen molar-refractivity contribution in [1.29, 1.82) is 0 Å². The fourth-order valence-electron chi connectivity index (χ4n) is 2.55. The van der Waals surface area contributed by atoms with E-state index in [-0.39, 0.29) is 18.2 Å².